The molecule has 9 heteroatoms. The number of hydrogen-bond donors (Lipinski definition) is 2. The van der Waals surface area contributed by atoms with Crippen molar-refractivity contribution < 1.29 is 23.7 Å². The normalized spacial score (nSPS) is 10.9. The zero-order chi connectivity index (χ0) is 24.5. The van der Waals surface area contributed by atoms with Crippen molar-refractivity contribution in [3.8, 4) is 40.3 Å². The SMILES string of the molecule is COc1ccc(CCNC(=O)/C(C#N)=C/c2cn[nH]c2-c2ccc(OC)c(OC)c2)cc1OC. The Balaban J connectivity index is 1.72. The molecule has 0 atom stereocenters. The molecule has 3 aromatic rings. The number of amides is 1. The average Bonchev–Trinajstić information content (AvgIpc) is 3.34. The largest absolute Gasteiger partial charge is 0.493 e. The van der Waals surface area contributed by atoms with Crippen molar-refractivity contribution in [3.05, 3.63) is 59.3 Å². The first kappa shape index (κ1) is 24.2. The van der Waals surface area contributed by atoms with Crippen LogP contribution in [0.5, 0.6) is 23.0 Å². The van der Waals surface area contributed by atoms with Gasteiger partial charge in [-0.1, -0.05) is 6.07 Å². The molecule has 2 N–H and O–H groups in total. The van der Waals surface area contributed by atoms with Crippen LogP contribution in [0.15, 0.2) is 48.2 Å². The lowest BCUT2D eigenvalue weighted by atomic mass is 10.0. The van der Waals surface area contributed by atoms with Gasteiger partial charge in [0.05, 0.1) is 40.3 Å². The second-order valence-electron chi connectivity index (χ2n) is 7.14. The number of hydrogen-bond acceptors (Lipinski definition) is 7. The molecule has 0 radical (unpaired) electrons. The minimum atomic E-state index is -0.470. The van der Waals surface area contributed by atoms with Crippen molar-refractivity contribution >= 4 is 12.0 Å². The number of aromatic amines is 1. The van der Waals surface area contributed by atoms with Gasteiger partial charge in [0.15, 0.2) is 23.0 Å². The predicted octanol–water partition coefficient (Wildman–Crippen LogP) is 3.38. The number of H-pyrrole nitrogens is 1. The topological polar surface area (TPSA) is 118 Å². The number of carbonyl (C=O) groups excluding carboxylic acids is 1. The molecule has 0 bridgehead atoms. The molecular weight excluding hydrogens is 436 g/mol. The van der Waals surface area contributed by atoms with Crippen molar-refractivity contribution in [1.29, 1.82) is 5.26 Å². The van der Waals surface area contributed by atoms with Crippen LogP contribution in [-0.4, -0.2) is 51.1 Å². The smallest absolute Gasteiger partial charge is 0.261 e. The standard InChI is InChI=1S/C25H26N4O5/c1-31-20-7-5-16(11-22(20)33-3)9-10-27-25(30)18(14-26)12-19-15-28-29-24(19)17-6-8-21(32-2)23(13-17)34-4/h5-8,11-13,15H,9-10H2,1-4H3,(H,27,30)(H,28,29)/b18-12+. The summed E-state index contributed by atoms with van der Waals surface area (Å²) in [6.45, 7) is 0.348. The number of ether oxygens (including phenoxy) is 4. The van der Waals surface area contributed by atoms with Crippen LogP contribution in [0.1, 0.15) is 11.1 Å². The minimum Gasteiger partial charge on any atom is -0.493 e. The Morgan fingerprint density at radius 2 is 1.65 bits per heavy atom. The summed E-state index contributed by atoms with van der Waals surface area (Å²) in [5.41, 5.74) is 2.94. The Kier molecular flexibility index (Phi) is 8.13. The molecule has 1 heterocycles. The first-order valence-corrected chi connectivity index (χ1v) is 10.4. The highest BCUT2D eigenvalue weighted by Crippen LogP contribution is 2.33. The Hall–Kier alpha value is -4.45. The van der Waals surface area contributed by atoms with Gasteiger partial charge in [-0.15, -0.1) is 0 Å². The van der Waals surface area contributed by atoms with E-state index in [-0.39, 0.29) is 5.57 Å². The number of rotatable bonds is 10. The molecular formula is C25H26N4O5. The Morgan fingerprint density at radius 3 is 2.29 bits per heavy atom. The van der Waals surface area contributed by atoms with Gasteiger partial charge in [-0.05, 0) is 48.4 Å². The molecule has 9 nitrogen and oxygen atoms in total. The van der Waals surface area contributed by atoms with E-state index in [1.54, 1.807) is 46.8 Å². The van der Waals surface area contributed by atoms with Crippen molar-refractivity contribution in [2.45, 2.75) is 6.42 Å². The third kappa shape index (κ3) is 5.48. The summed E-state index contributed by atoms with van der Waals surface area (Å²) in [7, 11) is 6.25. The van der Waals surface area contributed by atoms with Crippen molar-refractivity contribution in [2.24, 2.45) is 0 Å². The van der Waals surface area contributed by atoms with Crippen LogP contribution < -0.4 is 24.3 Å². The van der Waals surface area contributed by atoms with Crippen molar-refractivity contribution in [2.75, 3.05) is 35.0 Å². The Morgan fingerprint density at radius 1 is 1.00 bits per heavy atom. The fraction of sp³-hybridized carbons (Fsp3) is 0.240. The summed E-state index contributed by atoms with van der Waals surface area (Å²) in [5, 5.41) is 19.3. The molecule has 0 fully saturated rings. The van der Waals surface area contributed by atoms with E-state index in [1.807, 2.05) is 30.3 Å². The monoisotopic (exact) mass is 462 g/mol. The van der Waals surface area contributed by atoms with E-state index in [2.05, 4.69) is 15.5 Å². The maximum absolute atomic E-state index is 12.6. The van der Waals surface area contributed by atoms with Gasteiger partial charge < -0.3 is 24.3 Å². The average molecular weight is 463 g/mol. The summed E-state index contributed by atoms with van der Waals surface area (Å²) in [4.78, 5) is 12.6. The summed E-state index contributed by atoms with van der Waals surface area (Å²) < 4.78 is 21.2. The van der Waals surface area contributed by atoms with E-state index in [9.17, 15) is 10.1 Å². The maximum atomic E-state index is 12.6. The highest BCUT2D eigenvalue weighted by Gasteiger charge is 2.14. The molecule has 2 aromatic carbocycles. The number of nitriles is 1. The van der Waals surface area contributed by atoms with Crippen LogP contribution in [0, 0.1) is 11.3 Å². The summed E-state index contributed by atoms with van der Waals surface area (Å²) in [6.07, 6.45) is 3.62. The van der Waals surface area contributed by atoms with Gasteiger partial charge in [-0.25, -0.2) is 0 Å². The lowest BCUT2D eigenvalue weighted by Gasteiger charge is -2.10. The predicted molar refractivity (Wildman–Crippen MR) is 127 cm³/mol. The summed E-state index contributed by atoms with van der Waals surface area (Å²) in [6, 6.07) is 12.9. The molecule has 0 saturated heterocycles. The van der Waals surface area contributed by atoms with Gasteiger partial charge in [0.25, 0.3) is 5.91 Å². The van der Waals surface area contributed by atoms with Gasteiger partial charge >= 0.3 is 0 Å². The first-order chi connectivity index (χ1) is 16.5. The maximum Gasteiger partial charge on any atom is 0.261 e. The van der Waals surface area contributed by atoms with Gasteiger partial charge in [0, 0.05) is 17.7 Å². The molecule has 1 aromatic heterocycles. The van der Waals surface area contributed by atoms with Gasteiger partial charge in [0.1, 0.15) is 11.6 Å². The third-order valence-electron chi connectivity index (χ3n) is 5.15. The lowest BCUT2D eigenvalue weighted by Crippen LogP contribution is -2.26. The van der Waals surface area contributed by atoms with Crippen molar-refractivity contribution in [1.82, 2.24) is 15.5 Å². The second kappa shape index (κ2) is 11.4. The van der Waals surface area contributed by atoms with E-state index in [1.165, 1.54) is 6.08 Å². The van der Waals surface area contributed by atoms with Gasteiger partial charge in [0.2, 0.25) is 0 Å². The van der Waals surface area contributed by atoms with E-state index in [0.29, 0.717) is 47.2 Å². The van der Waals surface area contributed by atoms with Crippen LogP contribution in [0.2, 0.25) is 0 Å². The molecule has 0 aliphatic carbocycles. The van der Waals surface area contributed by atoms with Gasteiger partial charge in [-0.3, -0.25) is 9.89 Å². The number of methoxy groups -OCH3 is 4. The number of carbonyl (C=O) groups is 1. The third-order valence-corrected chi connectivity index (χ3v) is 5.15. The zero-order valence-corrected chi connectivity index (χ0v) is 19.5. The number of benzene rings is 2. The Labute approximate surface area is 197 Å². The molecule has 0 aliphatic rings. The van der Waals surface area contributed by atoms with Crippen molar-refractivity contribution in [3.63, 3.8) is 0 Å². The second-order valence-corrected chi connectivity index (χ2v) is 7.14. The fourth-order valence-corrected chi connectivity index (χ4v) is 3.38. The van der Waals surface area contributed by atoms with Crippen LogP contribution in [0.3, 0.4) is 0 Å². The van der Waals surface area contributed by atoms with E-state index >= 15 is 0 Å². The van der Waals surface area contributed by atoms with E-state index in [4.69, 9.17) is 18.9 Å². The van der Waals surface area contributed by atoms with Crippen LogP contribution in [0.4, 0.5) is 0 Å². The summed E-state index contributed by atoms with van der Waals surface area (Å²) >= 11 is 0. The summed E-state index contributed by atoms with van der Waals surface area (Å²) in [5.74, 6) is 1.93. The highest BCUT2D eigenvalue weighted by atomic mass is 16.5. The lowest BCUT2D eigenvalue weighted by molar-refractivity contribution is -0.117. The van der Waals surface area contributed by atoms with Crippen LogP contribution in [-0.2, 0) is 11.2 Å². The number of aromatic nitrogens is 2. The van der Waals surface area contributed by atoms with E-state index < -0.39 is 5.91 Å². The van der Waals surface area contributed by atoms with Crippen LogP contribution in [0.25, 0.3) is 17.3 Å². The molecule has 0 spiro atoms. The fourth-order valence-electron chi connectivity index (χ4n) is 3.38. The van der Waals surface area contributed by atoms with E-state index in [0.717, 1.165) is 11.1 Å². The number of nitrogens with zero attached hydrogens (tertiary/aromatic N) is 2. The molecule has 0 saturated carbocycles. The molecule has 3 rings (SSSR count). The molecule has 0 aliphatic heterocycles. The van der Waals surface area contributed by atoms with Crippen LogP contribution >= 0.6 is 0 Å². The first-order valence-electron chi connectivity index (χ1n) is 10.4. The minimum absolute atomic E-state index is 0.0320. The Bertz CT molecular complexity index is 1230. The number of nitrogens with one attached hydrogen (secondary N) is 2. The molecule has 176 valence electrons. The van der Waals surface area contributed by atoms with Gasteiger partial charge in [-0.2, -0.15) is 10.4 Å². The molecule has 34 heavy (non-hydrogen) atoms. The molecule has 1 amide bonds. The quantitative estimate of drug-likeness (QED) is 0.350. The highest BCUT2D eigenvalue weighted by molar-refractivity contribution is 6.02. The molecule has 0 unspecified atom stereocenters. The zero-order valence-electron chi connectivity index (χ0n) is 19.5.